The van der Waals surface area contributed by atoms with Crippen LogP contribution >= 0.6 is 11.3 Å². The van der Waals surface area contributed by atoms with Gasteiger partial charge in [-0.1, -0.05) is 29.8 Å². The maximum Gasteiger partial charge on any atom is 0.0797 e. The second-order valence-electron chi connectivity index (χ2n) is 4.74. The molecule has 18 heavy (non-hydrogen) atoms. The van der Waals surface area contributed by atoms with Crippen LogP contribution < -0.4 is 5.73 Å². The summed E-state index contributed by atoms with van der Waals surface area (Å²) in [5.74, 6) is 0.451. The van der Waals surface area contributed by atoms with E-state index in [0.29, 0.717) is 12.5 Å². The third-order valence-corrected chi connectivity index (χ3v) is 4.39. The van der Waals surface area contributed by atoms with E-state index in [4.69, 9.17) is 5.73 Å². The Bertz CT molecular complexity index is 487. The molecule has 0 saturated heterocycles. The van der Waals surface area contributed by atoms with Crippen LogP contribution in [0.2, 0.25) is 0 Å². The molecule has 2 rings (SSSR count). The first-order chi connectivity index (χ1) is 8.70. The molecule has 0 spiro atoms. The molecule has 0 saturated carbocycles. The number of benzene rings is 1. The van der Waals surface area contributed by atoms with Crippen molar-refractivity contribution in [3.8, 4) is 0 Å². The monoisotopic (exact) mass is 260 g/mol. The molecule has 1 heterocycles. The van der Waals surface area contributed by atoms with Gasteiger partial charge >= 0.3 is 0 Å². The fourth-order valence-electron chi connectivity index (χ4n) is 2.13. The summed E-state index contributed by atoms with van der Waals surface area (Å²) in [6.07, 6.45) is 2.18. The molecule has 2 N–H and O–H groups in total. The van der Waals surface area contributed by atoms with Crippen molar-refractivity contribution in [1.82, 2.24) is 4.98 Å². The Hall–Kier alpha value is -1.19. The largest absolute Gasteiger partial charge is 0.330 e. The number of hydrogen-bond donors (Lipinski definition) is 1. The topological polar surface area (TPSA) is 38.9 Å². The van der Waals surface area contributed by atoms with Gasteiger partial charge in [0.05, 0.1) is 11.2 Å². The van der Waals surface area contributed by atoms with Crippen molar-refractivity contribution in [3.05, 3.63) is 51.5 Å². The normalized spacial score (nSPS) is 12.6. The molecular weight excluding hydrogens is 240 g/mol. The van der Waals surface area contributed by atoms with E-state index in [1.54, 1.807) is 11.3 Å². The van der Waals surface area contributed by atoms with Crippen molar-refractivity contribution in [3.63, 3.8) is 0 Å². The molecule has 1 aromatic heterocycles. The van der Waals surface area contributed by atoms with E-state index in [-0.39, 0.29) is 0 Å². The van der Waals surface area contributed by atoms with Gasteiger partial charge in [-0.05, 0) is 44.7 Å². The van der Waals surface area contributed by atoms with Crippen LogP contribution in [-0.4, -0.2) is 11.5 Å². The zero-order valence-corrected chi connectivity index (χ0v) is 11.8. The Morgan fingerprint density at radius 3 is 2.50 bits per heavy atom. The standard InChI is InChI=1S/C15H20N2S/c1-11-3-5-13(6-4-11)14(9-16)7-8-15-12(2)17-10-18-15/h3-6,10,14H,7-9,16H2,1-2H3. The van der Waals surface area contributed by atoms with Gasteiger partial charge in [0.15, 0.2) is 0 Å². The molecule has 0 aliphatic carbocycles. The van der Waals surface area contributed by atoms with Gasteiger partial charge in [0.25, 0.3) is 0 Å². The number of nitrogens with zero attached hydrogens (tertiary/aromatic N) is 1. The number of nitrogens with two attached hydrogens (primary N) is 1. The van der Waals surface area contributed by atoms with Gasteiger partial charge < -0.3 is 5.73 Å². The summed E-state index contributed by atoms with van der Waals surface area (Å²) in [6, 6.07) is 8.73. The highest BCUT2D eigenvalue weighted by Gasteiger charge is 2.11. The van der Waals surface area contributed by atoms with Crippen LogP contribution in [0.15, 0.2) is 29.8 Å². The van der Waals surface area contributed by atoms with Crippen molar-refractivity contribution in [2.24, 2.45) is 5.73 Å². The second kappa shape index (κ2) is 6.12. The predicted octanol–water partition coefficient (Wildman–Crippen LogP) is 3.44. The van der Waals surface area contributed by atoms with Gasteiger partial charge in [-0.3, -0.25) is 0 Å². The van der Waals surface area contributed by atoms with Crippen molar-refractivity contribution in [2.45, 2.75) is 32.6 Å². The molecule has 0 radical (unpaired) electrons. The maximum atomic E-state index is 5.91. The Kier molecular flexibility index (Phi) is 4.50. The minimum absolute atomic E-state index is 0.451. The van der Waals surface area contributed by atoms with Crippen LogP contribution in [0, 0.1) is 13.8 Å². The molecule has 0 aliphatic heterocycles. The molecule has 1 atom stereocenters. The van der Waals surface area contributed by atoms with Gasteiger partial charge in [-0.25, -0.2) is 4.98 Å². The molecule has 96 valence electrons. The quantitative estimate of drug-likeness (QED) is 0.894. The van der Waals surface area contributed by atoms with Crippen LogP contribution in [0.25, 0.3) is 0 Å². The summed E-state index contributed by atoms with van der Waals surface area (Å²) in [4.78, 5) is 5.68. The average Bonchev–Trinajstić information content (AvgIpc) is 2.78. The summed E-state index contributed by atoms with van der Waals surface area (Å²) < 4.78 is 0. The Balaban J connectivity index is 2.01. The summed E-state index contributed by atoms with van der Waals surface area (Å²) in [7, 11) is 0. The molecule has 1 aromatic carbocycles. The van der Waals surface area contributed by atoms with E-state index < -0.39 is 0 Å². The molecular formula is C15H20N2S. The minimum Gasteiger partial charge on any atom is -0.330 e. The fourth-order valence-corrected chi connectivity index (χ4v) is 2.93. The van der Waals surface area contributed by atoms with E-state index in [1.807, 2.05) is 5.51 Å². The van der Waals surface area contributed by atoms with E-state index in [9.17, 15) is 0 Å². The molecule has 2 nitrogen and oxygen atoms in total. The van der Waals surface area contributed by atoms with Crippen molar-refractivity contribution in [2.75, 3.05) is 6.54 Å². The lowest BCUT2D eigenvalue weighted by Crippen LogP contribution is -2.13. The Labute approximate surface area is 113 Å². The van der Waals surface area contributed by atoms with Gasteiger partial charge in [-0.2, -0.15) is 0 Å². The first-order valence-electron chi connectivity index (χ1n) is 6.36. The highest BCUT2D eigenvalue weighted by Crippen LogP contribution is 2.23. The number of rotatable bonds is 5. The van der Waals surface area contributed by atoms with Crippen LogP contribution in [-0.2, 0) is 6.42 Å². The Morgan fingerprint density at radius 2 is 1.94 bits per heavy atom. The van der Waals surface area contributed by atoms with Gasteiger partial charge in [0.2, 0.25) is 0 Å². The molecule has 0 amide bonds. The van der Waals surface area contributed by atoms with Gasteiger partial charge in [0, 0.05) is 4.88 Å². The maximum absolute atomic E-state index is 5.91. The summed E-state index contributed by atoms with van der Waals surface area (Å²) in [5, 5.41) is 0. The third-order valence-electron chi connectivity index (χ3n) is 3.40. The zero-order valence-electron chi connectivity index (χ0n) is 11.0. The number of aromatic nitrogens is 1. The number of aryl methyl sites for hydroxylation is 3. The molecule has 3 heteroatoms. The fraction of sp³-hybridized carbons (Fsp3) is 0.400. The van der Waals surface area contributed by atoms with Crippen LogP contribution in [0.1, 0.15) is 34.0 Å². The lowest BCUT2D eigenvalue weighted by Gasteiger charge is -2.15. The smallest absolute Gasteiger partial charge is 0.0797 e. The van der Waals surface area contributed by atoms with E-state index in [2.05, 4.69) is 43.1 Å². The predicted molar refractivity (Wildman–Crippen MR) is 78.1 cm³/mol. The third kappa shape index (κ3) is 3.18. The van der Waals surface area contributed by atoms with Crippen LogP contribution in [0.3, 0.4) is 0 Å². The van der Waals surface area contributed by atoms with E-state index in [1.165, 1.54) is 21.7 Å². The molecule has 0 fully saturated rings. The first kappa shape index (κ1) is 13.2. The van der Waals surface area contributed by atoms with Crippen LogP contribution in [0.5, 0.6) is 0 Å². The summed E-state index contributed by atoms with van der Waals surface area (Å²) >= 11 is 1.75. The van der Waals surface area contributed by atoms with Gasteiger partial charge in [-0.15, -0.1) is 11.3 Å². The first-order valence-corrected chi connectivity index (χ1v) is 7.24. The lowest BCUT2D eigenvalue weighted by molar-refractivity contribution is 0.635. The van der Waals surface area contributed by atoms with Crippen molar-refractivity contribution >= 4 is 11.3 Å². The highest BCUT2D eigenvalue weighted by molar-refractivity contribution is 7.09. The summed E-state index contributed by atoms with van der Waals surface area (Å²) in [6.45, 7) is 4.90. The van der Waals surface area contributed by atoms with E-state index >= 15 is 0 Å². The van der Waals surface area contributed by atoms with E-state index in [0.717, 1.165) is 12.8 Å². The van der Waals surface area contributed by atoms with Crippen molar-refractivity contribution < 1.29 is 0 Å². The lowest BCUT2D eigenvalue weighted by atomic mass is 9.93. The molecule has 2 aromatic rings. The number of thiazole rings is 1. The zero-order chi connectivity index (χ0) is 13.0. The average molecular weight is 260 g/mol. The van der Waals surface area contributed by atoms with Gasteiger partial charge in [0.1, 0.15) is 0 Å². The SMILES string of the molecule is Cc1ccc(C(CN)CCc2scnc2C)cc1. The molecule has 0 bridgehead atoms. The summed E-state index contributed by atoms with van der Waals surface area (Å²) in [5.41, 5.74) is 11.7. The van der Waals surface area contributed by atoms with Crippen molar-refractivity contribution in [1.29, 1.82) is 0 Å². The minimum atomic E-state index is 0.451. The second-order valence-corrected chi connectivity index (χ2v) is 5.68. The highest BCUT2D eigenvalue weighted by atomic mass is 32.1. The molecule has 0 aliphatic rings. The number of hydrogen-bond acceptors (Lipinski definition) is 3. The Morgan fingerprint density at radius 1 is 1.22 bits per heavy atom. The molecule has 1 unspecified atom stereocenters. The van der Waals surface area contributed by atoms with Crippen LogP contribution in [0.4, 0.5) is 0 Å².